The Morgan fingerprint density at radius 3 is 2.62 bits per heavy atom. The minimum Gasteiger partial charge on any atom is -0.481 e. The van der Waals surface area contributed by atoms with Crippen LogP contribution < -0.4 is 0 Å². The lowest BCUT2D eigenvalue weighted by molar-refractivity contribution is -0.137. The van der Waals surface area contributed by atoms with E-state index in [-0.39, 0.29) is 30.5 Å². The minimum absolute atomic E-state index is 0.102. The first-order valence-electron chi connectivity index (χ1n) is 10.1. The molecule has 1 aliphatic carbocycles. The second-order valence-electron chi connectivity index (χ2n) is 7.84. The second-order valence-corrected chi connectivity index (χ2v) is 7.84. The third-order valence-electron chi connectivity index (χ3n) is 5.45. The van der Waals surface area contributed by atoms with Crippen LogP contribution in [0.1, 0.15) is 78.1 Å². The van der Waals surface area contributed by atoms with Gasteiger partial charge in [0.25, 0.3) is 0 Å². The highest BCUT2D eigenvalue weighted by Crippen LogP contribution is 2.35. The van der Waals surface area contributed by atoms with E-state index in [0.29, 0.717) is 25.2 Å². The first kappa shape index (κ1) is 22.8. The summed E-state index contributed by atoms with van der Waals surface area (Å²) >= 11 is 0. The fraction of sp³-hybridized carbons (Fsp3) is 0.810. The number of aliphatic carboxylic acids is 1. The Morgan fingerprint density at radius 2 is 1.96 bits per heavy atom. The number of Topliss-reactive ketones (excluding diaryl/α,β-unsaturated/α-hetero) is 1. The predicted molar refractivity (Wildman–Crippen MR) is 102 cm³/mol. The van der Waals surface area contributed by atoms with Crippen molar-refractivity contribution in [2.24, 2.45) is 17.8 Å². The number of carbonyl (C=O) groups excluding carboxylic acids is 1. The summed E-state index contributed by atoms with van der Waals surface area (Å²) in [7, 11) is 0. The van der Waals surface area contributed by atoms with Gasteiger partial charge in [0.2, 0.25) is 0 Å². The van der Waals surface area contributed by atoms with E-state index in [0.717, 1.165) is 32.1 Å². The van der Waals surface area contributed by atoms with Crippen molar-refractivity contribution < 1.29 is 24.9 Å². The van der Waals surface area contributed by atoms with Crippen LogP contribution in [0.2, 0.25) is 0 Å². The summed E-state index contributed by atoms with van der Waals surface area (Å²) in [6.45, 7) is 4.20. The average Bonchev–Trinajstić information content (AvgIpc) is 2.84. The maximum atomic E-state index is 12.2. The van der Waals surface area contributed by atoms with Gasteiger partial charge in [-0.15, -0.1) is 0 Å². The van der Waals surface area contributed by atoms with Crippen LogP contribution in [0.4, 0.5) is 0 Å². The molecule has 0 aliphatic heterocycles. The van der Waals surface area contributed by atoms with Crippen molar-refractivity contribution in [1.29, 1.82) is 0 Å². The van der Waals surface area contributed by atoms with Crippen LogP contribution in [0, 0.1) is 17.8 Å². The van der Waals surface area contributed by atoms with E-state index in [9.17, 15) is 19.8 Å². The number of aliphatic hydroxyl groups excluding tert-OH is 2. The lowest BCUT2D eigenvalue weighted by atomic mass is 9.86. The maximum absolute atomic E-state index is 12.2. The smallest absolute Gasteiger partial charge is 0.303 e. The fourth-order valence-electron chi connectivity index (χ4n) is 3.76. The van der Waals surface area contributed by atoms with Crippen LogP contribution in [0.25, 0.3) is 0 Å². The van der Waals surface area contributed by atoms with E-state index < -0.39 is 18.2 Å². The summed E-state index contributed by atoms with van der Waals surface area (Å²) in [4.78, 5) is 22.8. The Hall–Kier alpha value is -1.20. The number of aliphatic hydroxyl groups is 2. The zero-order chi connectivity index (χ0) is 19.5. The number of carboxylic acids is 1. The second kappa shape index (κ2) is 12.2. The third-order valence-corrected chi connectivity index (χ3v) is 5.45. The Bertz CT molecular complexity index is 459. The molecule has 5 nitrogen and oxygen atoms in total. The van der Waals surface area contributed by atoms with Crippen LogP contribution >= 0.6 is 0 Å². The SMILES string of the molecule is CCCCCC(O)/C=C/[C@H]1[C@H](O)CC(=O)[C@@H]1CC[C@H](C)CCCC(=O)O. The van der Waals surface area contributed by atoms with Gasteiger partial charge in [0.05, 0.1) is 12.2 Å². The first-order chi connectivity index (χ1) is 12.3. The van der Waals surface area contributed by atoms with Crippen molar-refractivity contribution in [2.45, 2.75) is 90.3 Å². The number of hydrogen-bond acceptors (Lipinski definition) is 4. The normalized spacial score (nSPS) is 25.7. The Labute approximate surface area is 157 Å². The van der Waals surface area contributed by atoms with E-state index in [1.165, 1.54) is 0 Å². The quantitative estimate of drug-likeness (QED) is 0.340. The number of hydrogen-bond donors (Lipinski definition) is 3. The van der Waals surface area contributed by atoms with Gasteiger partial charge in [-0.25, -0.2) is 0 Å². The molecule has 0 aromatic heterocycles. The van der Waals surface area contributed by atoms with Crippen LogP contribution in [0.5, 0.6) is 0 Å². The van der Waals surface area contributed by atoms with Gasteiger partial charge in [0, 0.05) is 24.7 Å². The maximum Gasteiger partial charge on any atom is 0.303 e. The van der Waals surface area contributed by atoms with Crippen molar-refractivity contribution >= 4 is 11.8 Å². The van der Waals surface area contributed by atoms with Crippen molar-refractivity contribution in [3.05, 3.63) is 12.2 Å². The third kappa shape index (κ3) is 8.45. The monoisotopic (exact) mass is 368 g/mol. The summed E-state index contributed by atoms with van der Waals surface area (Å²) in [5.74, 6) is -0.705. The summed E-state index contributed by atoms with van der Waals surface area (Å²) in [5, 5.41) is 28.9. The molecular formula is C21H36O5. The van der Waals surface area contributed by atoms with Crippen molar-refractivity contribution in [2.75, 3.05) is 0 Å². The molecule has 1 fully saturated rings. The molecule has 0 aromatic rings. The van der Waals surface area contributed by atoms with Gasteiger partial charge < -0.3 is 15.3 Å². The summed E-state index contributed by atoms with van der Waals surface area (Å²) in [6, 6.07) is 0. The highest BCUT2D eigenvalue weighted by molar-refractivity contribution is 5.84. The zero-order valence-corrected chi connectivity index (χ0v) is 16.3. The number of carbonyl (C=O) groups is 2. The van der Waals surface area contributed by atoms with Gasteiger partial charge in [0.1, 0.15) is 5.78 Å². The van der Waals surface area contributed by atoms with Crippen LogP contribution in [0.3, 0.4) is 0 Å². The topological polar surface area (TPSA) is 94.8 Å². The molecule has 5 heteroatoms. The van der Waals surface area contributed by atoms with Gasteiger partial charge in [0.15, 0.2) is 0 Å². The summed E-state index contributed by atoms with van der Waals surface area (Å²) < 4.78 is 0. The molecule has 0 amide bonds. The molecule has 1 unspecified atom stereocenters. The Balaban J connectivity index is 2.48. The van der Waals surface area contributed by atoms with E-state index >= 15 is 0 Å². The Kier molecular flexibility index (Phi) is 10.7. The van der Waals surface area contributed by atoms with Gasteiger partial charge >= 0.3 is 5.97 Å². The van der Waals surface area contributed by atoms with E-state index in [1.807, 2.05) is 6.08 Å². The van der Waals surface area contributed by atoms with Gasteiger partial charge in [-0.05, 0) is 31.6 Å². The first-order valence-corrected chi connectivity index (χ1v) is 10.1. The Morgan fingerprint density at radius 1 is 1.23 bits per heavy atom. The van der Waals surface area contributed by atoms with Gasteiger partial charge in [-0.3, -0.25) is 9.59 Å². The fourth-order valence-corrected chi connectivity index (χ4v) is 3.76. The molecule has 1 rings (SSSR count). The van der Waals surface area contributed by atoms with Crippen molar-refractivity contribution in [3.8, 4) is 0 Å². The highest BCUT2D eigenvalue weighted by Gasteiger charge is 2.39. The number of rotatable bonds is 13. The van der Waals surface area contributed by atoms with Crippen LogP contribution in [-0.2, 0) is 9.59 Å². The lowest BCUT2D eigenvalue weighted by Gasteiger charge is -2.20. The summed E-state index contributed by atoms with van der Waals surface area (Å²) in [6.07, 6.45) is 9.75. The molecule has 0 heterocycles. The molecule has 3 N–H and O–H groups in total. The molecular weight excluding hydrogens is 332 g/mol. The number of carboxylic acid groups (broad SMARTS) is 1. The van der Waals surface area contributed by atoms with Crippen molar-refractivity contribution in [3.63, 3.8) is 0 Å². The molecule has 150 valence electrons. The van der Waals surface area contributed by atoms with Crippen molar-refractivity contribution in [1.82, 2.24) is 0 Å². The molecule has 1 saturated carbocycles. The highest BCUT2D eigenvalue weighted by atomic mass is 16.4. The zero-order valence-electron chi connectivity index (χ0n) is 16.3. The number of unbranched alkanes of at least 4 members (excludes halogenated alkanes) is 2. The van der Waals surface area contributed by atoms with E-state index in [4.69, 9.17) is 5.11 Å². The van der Waals surface area contributed by atoms with E-state index in [2.05, 4.69) is 13.8 Å². The molecule has 0 spiro atoms. The average molecular weight is 369 g/mol. The van der Waals surface area contributed by atoms with Gasteiger partial charge in [-0.2, -0.15) is 0 Å². The minimum atomic E-state index is -0.769. The van der Waals surface area contributed by atoms with Gasteiger partial charge in [-0.1, -0.05) is 51.7 Å². The summed E-state index contributed by atoms with van der Waals surface area (Å²) in [5.41, 5.74) is 0. The predicted octanol–water partition coefficient (Wildman–Crippen LogP) is 3.72. The number of ketones is 1. The largest absolute Gasteiger partial charge is 0.481 e. The van der Waals surface area contributed by atoms with E-state index in [1.54, 1.807) is 6.08 Å². The van der Waals surface area contributed by atoms with Crippen LogP contribution in [0.15, 0.2) is 12.2 Å². The molecule has 26 heavy (non-hydrogen) atoms. The molecule has 0 aromatic carbocycles. The van der Waals surface area contributed by atoms with Crippen LogP contribution in [-0.4, -0.2) is 39.3 Å². The molecule has 0 radical (unpaired) electrons. The molecule has 0 saturated heterocycles. The molecule has 0 bridgehead atoms. The molecule has 5 atom stereocenters. The lowest BCUT2D eigenvalue weighted by Crippen LogP contribution is -2.20. The standard InChI is InChI=1S/C21H36O5/c1-3-4-5-8-16(22)11-13-18-17(19(23)14-20(18)24)12-10-15(2)7-6-9-21(25)26/h11,13,15-18,20,22,24H,3-10,12,14H2,1-2H3,(H,25,26)/b13-11+/t15-,16?,17-,18-,20-/m1/s1. The molecule has 1 aliphatic rings.